The van der Waals surface area contributed by atoms with Crippen LogP contribution in [0.1, 0.15) is 16.1 Å². The Bertz CT molecular complexity index is 550. The largest absolute Gasteiger partial charge is 0.497 e. The number of hydrogen-bond donors (Lipinski definition) is 1. The van der Waals surface area contributed by atoms with E-state index < -0.39 is 0 Å². The fourth-order valence-corrected chi connectivity index (χ4v) is 1.59. The predicted molar refractivity (Wildman–Crippen MR) is 69.9 cm³/mol. The van der Waals surface area contributed by atoms with Gasteiger partial charge >= 0.3 is 0 Å². The van der Waals surface area contributed by atoms with Crippen molar-refractivity contribution in [2.75, 3.05) is 12.4 Å². The maximum Gasteiger partial charge on any atom is 0.274 e. The lowest BCUT2D eigenvalue weighted by molar-refractivity contribution is 0.102. The molecule has 0 saturated heterocycles. The van der Waals surface area contributed by atoms with Crippen LogP contribution in [-0.2, 0) is 0 Å². The number of amides is 1. The van der Waals surface area contributed by atoms with Crippen LogP contribution in [0.4, 0.5) is 5.69 Å². The van der Waals surface area contributed by atoms with E-state index in [4.69, 9.17) is 4.74 Å². The van der Waals surface area contributed by atoms with E-state index in [1.54, 1.807) is 43.6 Å². The number of nitrogens with zero attached hydrogens (tertiary/aromatic N) is 1. The molecule has 0 aliphatic carbocycles. The molecule has 0 spiro atoms. The number of methoxy groups -OCH3 is 1. The van der Waals surface area contributed by atoms with Crippen LogP contribution in [0.5, 0.6) is 5.75 Å². The van der Waals surface area contributed by atoms with Gasteiger partial charge in [0, 0.05) is 11.9 Å². The zero-order valence-corrected chi connectivity index (χ0v) is 10.3. The Morgan fingerprint density at radius 1 is 1.22 bits per heavy atom. The lowest BCUT2D eigenvalue weighted by atomic mass is 10.2. The summed E-state index contributed by atoms with van der Waals surface area (Å²) < 4.78 is 5.05. The Kier molecular flexibility index (Phi) is 3.57. The van der Waals surface area contributed by atoms with Crippen LogP contribution in [-0.4, -0.2) is 18.0 Å². The van der Waals surface area contributed by atoms with E-state index in [0.717, 1.165) is 11.3 Å². The number of carbonyl (C=O) groups is 1. The van der Waals surface area contributed by atoms with Gasteiger partial charge in [0.25, 0.3) is 5.91 Å². The molecule has 0 aliphatic heterocycles. The van der Waals surface area contributed by atoms with Crippen LogP contribution in [0.2, 0.25) is 0 Å². The van der Waals surface area contributed by atoms with Crippen LogP contribution in [0.15, 0.2) is 42.6 Å². The first kappa shape index (κ1) is 12.1. The Labute approximate surface area is 106 Å². The Morgan fingerprint density at radius 3 is 2.56 bits per heavy atom. The summed E-state index contributed by atoms with van der Waals surface area (Å²) in [6.07, 6.45) is 1.61. The van der Waals surface area contributed by atoms with E-state index in [0.29, 0.717) is 11.4 Å². The first-order valence-electron chi connectivity index (χ1n) is 5.58. The zero-order valence-electron chi connectivity index (χ0n) is 10.3. The number of pyridine rings is 1. The average molecular weight is 242 g/mol. The van der Waals surface area contributed by atoms with Crippen molar-refractivity contribution in [2.24, 2.45) is 0 Å². The molecule has 0 unspecified atom stereocenters. The van der Waals surface area contributed by atoms with Crippen LogP contribution in [0, 0.1) is 6.92 Å². The summed E-state index contributed by atoms with van der Waals surface area (Å²) >= 11 is 0. The summed E-state index contributed by atoms with van der Waals surface area (Å²) in [5.74, 6) is 0.542. The number of carbonyl (C=O) groups excluding carboxylic acids is 1. The van der Waals surface area contributed by atoms with Crippen molar-refractivity contribution in [1.29, 1.82) is 0 Å². The van der Waals surface area contributed by atoms with Crippen molar-refractivity contribution in [3.8, 4) is 5.75 Å². The van der Waals surface area contributed by atoms with Gasteiger partial charge in [-0.3, -0.25) is 9.78 Å². The second-order valence-electron chi connectivity index (χ2n) is 3.85. The van der Waals surface area contributed by atoms with Crippen molar-refractivity contribution in [3.05, 3.63) is 53.9 Å². The molecule has 1 aromatic carbocycles. The van der Waals surface area contributed by atoms with Crippen molar-refractivity contribution < 1.29 is 9.53 Å². The van der Waals surface area contributed by atoms with Gasteiger partial charge in [-0.05, 0) is 42.8 Å². The van der Waals surface area contributed by atoms with E-state index >= 15 is 0 Å². The number of rotatable bonds is 3. The van der Waals surface area contributed by atoms with Gasteiger partial charge < -0.3 is 10.1 Å². The number of ether oxygens (including phenoxy) is 1. The Balaban J connectivity index is 2.14. The normalized spacial score (nSPS) is 9.89. The van der Waals surface area contributed by atoms with Gasteiger partial charge in [0.15, 0.2) is 0 Å². The van der Waals surface area contributed by atoms with Crippen LogP contribution in [0.3, 0.4) is 0 Å². The van der Waals surface area contributed by atoms with E-state index in [2.05, 4.69) is 10.3 Å². The molecule has 4 nitrogen and oxygen atoms in total. The van der Waals surface area contributed by atoms with Gasteiger partial charge in [-0.25, -0.2) is 0 Å². The molecule has 0 fully saturated rings. The third-order valence-corrected chi connectivity index (χ3v) is 2.57. The van der Waals surface area contributed by atoms with Crippen molar-refractivity contribution >= 4 is 11.6 Å². The molecule has 18 heavy (non-hydrogen) atoms. The first-order valence-corrected chi connectivity index (χ1v) is 5.58. The highest BCUT2D eigenvalue weighted by Crippen LogP contribution is 2.16. The number of aryl methyl sites for hydroxylation is 1. The maximum absolute atomic E-state index is 12.0. The molecule has 0 atom stereocenters. The minimum Gasteiger partial charge on any atom is -0.497 e. The molecule has 1 aromatic heterocycles. The number of nitrogens with one attached hydrogen (secondary N) is 1. The highest BCUT2D eigenvalue weighted by Gasteiger charge is 2.09. The van der Waals surface area contributed by atoms with Gasteiger partial charge in [-0.15, -0.1) is 0 Å². The summed E-state index contributed by atoms with van der Waals surface area (Å²) in [6, 6.07) is 10.8. The first-order chi connectivity index (χ1) is 8.70. The average Bonchev–Trinajstić information content (AvgIpc) is 2.40. The fourth-order valence-electron chi connectivity index (χ4n) is 1.59. The van der Waals surface area contributed by atoms with E-state index in [1.165, 1.54) is 0 Å². The number of aromatic nitrogens is 1. The highest BCUT2D eigenvalue weighted by atomic mass is 16.5. The van der Waals surface area contributed by atoms with E-state index in [-0.39, 0.29) is 5.91 Å². The van der Waals surface area contributed by atoms with Gasteiger partial charge in [-0.2, -0.15) is 0 Å². The zero-order chi connectivity index (χ0) is 13.0. The molecule has 4 heteroatoms. The molecule has 92 valence electrons. The molecule has 1 amide bonds. The minimum absolute atomic E-state index is 0.210. The maximum atomic E-state index is 12.0. The third kappa shape index (κ3) is 2.66. The molecule has 1 heterocycles. The summed E-state index contributed by atoms with van der Waals surface area (Å²) in [5.41, 5.74) is 2.00. The van der Waals surface area contributed by atoms with Gasteiger partial charge in [0.2, 0.25) is 0 Å². The monoisotopic (exact) mass is 242 g/mol. The van der Waals surface area contributed by atoms with Crippen LogP contribution >= 0.6 is 0 Å². The summed E-state index contributed by atoms with van der Waals surface area (Å²) in [5, 5.41) is 2.79. The second-order valence-corrected chi connectivity index (χ2v) is 3.85. The van der Waals surface area contributed by atoms with Gasteiger partial charge in [-0.1, -0.05) is 6.07 Å². The smallest absolute Gasteiger partial charge is 0.274 e. The molecule has 2 rings (SSSR count). The number of anilines is 1. The topological polar surface area (TPSA) is 51.2 Å². The third-order valence-electron chi connectivity index (χ3n) is 2.57. The second kappa shape index (κ2) is 5.31. The number of hydrogen-bond acceptors (Lipinski definition) is 3. The van der Waals surface area contributed by atoms with Crippen molar-refractivity contribution in [1.82, 2.24) is 4.98 Å². The lowest BCUT2D eigenvalue weighted by Gasteiger charge is -2.07. The molecule has 1 N–H and O–H groups in total. The molecular formula is C14H14N2O2. The fraction of sp³-hybridized carbons (Fsp3) is 0.143. The molecule has 0 aliphatic rings. The lowest BCUT2D eigenvalue weighted by Crippen LogP contribution is -2.14. The molecule has 0 saturated carbocycles. The molecule has 0 bridgehead atoms. The van der Waals surface area contributed by atoms with Crippen molar-refractivity contribution in [2.45, 2.75) is 6.92 Å². The standard InChI is InChI=1S/C14H14N2O2/c1-10-4-3-9-15-13(10)14(17)16-11-5-7-12(18-2)8-6-11/h3-9H,1-2H3,(H,16,17). The van der Waals surface area contributed by atoms with Crippen LogP contribution in [0.25, 0.3) is 0 Å². The minimum atomic E-state index is -0.210. The van der Waals surface area contributed by atoms with Crippen LogP contribution < -0.4 is 10.1 Å². The highest BCUT2D eigenvalue weighted by molar-refractivity contribution is 6.03. The number of benzene rings is 1. The molecule has 0 radical (unpaired) electrons. The van der Waals surface area contributed by atoms with Gasteiger partial charge in [0.1, 0.15) is 11.4 Å². The molecule has 2 aromatic rings. The van der Waals surface area contributed by atoms with E-state index in [9.17, 15) is 4.79 Å². The predicted octanol–water partition coefficient (Wildman–Crippen LogP) is 2.65. The summed E-state index contributed by atoms with van der Waals surface area (Å²) in [7, 11) is 1.60. The molecular weight excluding hydrogens is 228 g/mol. The van der Waals surface area contributed by atoms with Crippen molar-refractivity contribution in [3.63, 3.8) is 0 Å². The SMILES string of the molecule is COc1ccc(NC(=O)c2ncccc2C)cc1. The summed E-state index contributed by atoms with van der Waals surface area (Å²) in [4.78, 5) is 16.1. The van der Waals surface area contributed by atoms with E-state index in [1.807, 2.05) is 13.0 Å². The Morgan fingerprint density at radius 2 is 1.94 bits per heavy atom. The Hall–Kier alpha value is -2.36. The summed E-state index contributed by atoms with van der Waals surface area (Å²) in [6.45, 7) is 1.86. The van der Waals surface area contributed by atoms with Gasteiger partial charge in [0.05, 0.1) is 7.11 Å². The quantitative estimate of drug-likeness (QED) is 0.900.